The van der Waals surface area contributed by atoms with Crippen LogP contribution in [0.15, 0.2) is 21.0 Å². The van der Waals surface area contributed by atoms with Gasteiger partial charge in [0.15, 0.2) is 5.13 Å². The largest absolute Gasteiger partial charge is 0.444 e. The zero-order chi connectivity index (χ0) is 21.9. The summed E-state index contributed by atoms with van der Waals surface area (Å²) >= 11 is 3.04. The summed E-state index contributed by atoms with van der Waals surface area (Å²) in [5, 5.41) is 3.54. The average Bonchev–Trinajstić information content (AvgIpc) is 3.35. The number of thioether (sulfide) groups is 1. The molecule has 1 saturated heterocycles. The van der Waals surface area contributed by atoms with Gasteiger partial charge in [-0.15, -0.1) is 11.8 Å². The molecule has 30 heavy (non-hydrogen) atoms. The number of amides is 2. The molecule has 0 unspecified atom stereocenters. The quantitative estimate of drug-likeness (QED) is 0.633. The summed E-state index contributed by atoms with van der Waals surface area (Å²) in [5.41, 5.74) is -0.0594. The van der Waals surface area contributed by atoms with E-state index in [2.05, 4.69) is 36.1 Å². The van der Waals surface area contributed by atoms with E-state index < -0.39 is 0 Å². The molecule has 1 N–H and O–H groups in total. The number of aromatic nitrogens is 2. The third-order valence-electron chi connectivity index (χ3n) is 5.02. The van der Waals surface area contributed by atoms with Crippen molar-refractivity contribution in [2.45, 2.75) is 62.8 Å². The van der Waals surface area contributed by atoms with Gasteiger partial charge in [0.1, 0.15) is 5.76 Å². The minimum Gasteiger partial charge on any atom is -0.444 e. The van der Waals surface area contributed by atoms with E-state index in [4.69, 9.17) is 4.42 Å². The third kappa shape index (κ3) is 5.85. The molecule has 3 rings (SSSR count). The average molecular weight is 453 g/mol. The first-order chi connectivity index (χ1) is 14.1. The lowest BCUT2D eigenvalue weighted by molar-refractivity contribution is -0.137. The summed E-state index contributed by atoms with van der Waals surface area (Å²) in [5.74, 6) is 2.25. The zero-order valence-corrected chi connectivity index (χ0v) is 19.9. The van der Waals surface area contributed by atoms with Crippen molar-refractivity contribution in [3.63, 3.8) is 0 Å². The number of piperidine rings is 1. The zero-order valence-electron chi connectivity index (χ0n) is 18.2. The van der Waals surface area contributed by atoms with E-state index in [0.29, 0.717) is 42.7 Å². The molecule has 0 radical (unpaired) electrons. The number of anilines is 1. The fourth-order valence-corrected chi connectivity index (χ4v) is 4.90. The molecule has 1 fully saturated rings. The summed E-state index contributed by atoms with van der Waals surface area (Å²) in [6, 6.07) is 0. The van der Waals surface area contributed by atoms with Crippen molar-refractivity contribution in [2.24, 2.45) is 11.8 Å². The Labute approximate surface area is 187 Å². The molecular formula is C21H32N4O3S2. The van der Waals surface area contributed by atoms with Crippen LogP contribution in [0.1, 0.15) is 60.5 Å². The standard InChI is InChI=1S/C21H30N4O3S2.H2/c1-13(2)19(27)25-8-6-14(7-9-25)18(26)24-20-23-11-17(30-20)29-12-16-22-10-15(28-16)21(3,4)5;/h10-11,13-14H,6-9,12H2,1-5H3,(H,23,24,26);1H. The van der Waals surface area contributed by atoms with Crippen LogP contribution in [0.25, 0.3) is 0 Å². The van der Waals surface area contributed by atoms with E-state index in [1.54, 1.807) is 24.2 Å². The highest BCUT2D eigenvalue weighted by atomic mass is 32.2. The molecule has 1 aliphatic rings. The van der Waals surface area contributed by atoms with Gasteiger partial charge in [-0.1, -0.05) is 46.0 Å². The smallest absolute Gasteiger partial charge is 0.229 e. The van der Waals surface area contributed by atoms with Crippen LogP contribution in [0.5, 0.6) is 0 Å². The SMILES string of the molecule is CC(C)C(=O)N1CCC(C(=O)Nc2ncc(SCc3ncc(C(C)(C)C)o3)s2)CC1.[HH]. The molecule has 0 saturated carbocycles. The molecule has 2 amide bonds. The van der Waals surface area contributed by atoms with Crippen LogP contribution in [-0.2, 0) is 20.8 Å². The van der Waals surface area contributed by atoms with Crippen molar-refractivity contribution in [3.05, 3.63) is 24.0 Å². The Morgan fingerprint density at radius 2 is 2.00 bits per heavy atom. The number of carbonyl (C=O) groups is 2. The summed E-state index contributed by atoms with van der Waals surface area (Å²) in [6.07, 6.45) is 4.94. The first-order valence-corrected chi connectivity index (χ1v) is 12.1. The Bertz CT molecular complexity index is 883. The second kappa shape index (κ2) is 9.51. The van der Waals surface area contributed by atoms with Crippen molar-refractivity contribution >= 4 is 40.0 Å². The van der Waals surface area contributed by atoms with E-state index in [-0.39, 0.29) is 30.5 Å². The van der Waals surface area contributed by atoms with Crippen LogP contribution in [0.2, 0.25) is 0 Å². The van der Waals surface area contributed by atoms with Crippen molar-refractivity contribution in [1.82, 2.24) is 14.9 Å². The fraction of sp³-hybridized carbons (Fsp3) is 0.619. The molecule has 0 aromatic carbocycles. The topological polar surface area (TPSA) is 88.3 Å². The maximum absolute atomic E-state index is 12.6. The maximum atomic E-state index is 12.6. The monoisotopic (exact) mass is 452 g/mol. The predicted octanol–water partition coefficient (Wildman–Crippen LogP) is 4.80. The number of nitrogens with one attached hydrogen (secondary N) is 1. The summed E-state index contributed by atoms with van der Waals surface area (Å²) in [7, 11) is 0. The molecule has 2 aromatic rings. The van der Waals surface area contributed by atoms with Crippen molar-refractivity contribution in [3.8, 4) is 0 Å². The van der Waals surface area contributed by atoms with E-state index in [9.17, 15) is 9.59 Å². The predicted molar refractivity (Wildman–Crippen MR) is 122 cm³/mol. The molecule has 0 aliphatic carbocycles. The van der Waals surface area contributed by atoms with Gasteiger partial charge in [-0.2, -0.15) is 0 Å². The molecular weight excluding hydrogens is 420 g/mol. The van der Waals surface area contributed by atoms with Gasteiger partial charge in [-0.25, -0.2) is 9.97 Å². The summed E-state index contributed by atoms with van der Waals surface area (Å²) in [4.78, 5) is 35.2. The highest BCUT2D eigenvalue weighted by Crippen LogP contribution is 2.32. The molecule has 7 nitrogen and oxygen atoms in total. The Hall–Kier alpha value is -1.87. The lowest BCUT2D eigenvalue weighted by Gasteiger charge is -2.32. The number of oxazole rings is 1. The Morgan fingerprint density at radius 1 is 1.30 bits per heavy atom. The number of carbonyl (C=O) groups excluding carboxylic acids is 2. The Balaban J connectivity index is 0.00000341. The van der Waals surface area contributed by atoms with E-state index >= 15 is 0 Å². The molecule has 9 heteroatoms. The number of hydrogen-bond donors (Lipinski definition) is 1. The van der Waals surface area contributed by atoms with Gasteiger partial charge in [0.2, 0.25) is 17.7 Å². The van der Waals surface area contributed by atoms with Gasteiger partial charge in [0.05, 0.1) is 22.4 Å². The molecule has 3 heterocycles. The summed E-state index contributed by atoms with van der Waals surface area (Å²) < 4.78 is 6.81. The second-order valence-corrected chi connectivity index (χ2v) is 11.2. The first kappa shape index (κ1) is 22.8. The van der Waals surface area contributed by atoms with Crippen LogP contribution in [0.3, 0.4) is 0 Å². The molecule has 2 aromatic heterocycles. The van der Waals surface area contributed by atoms with E-state index in [0.717, 1.165) is 9.97 Å². The van der Waals surface area contributed by atoms with Gasteiger partial charge in [0.25, 0.3) is 0 Å². The summed E-state index contributed by atoms with van der Waals surface area (Å²) in [6.45, 7) is 11.4. The molecule has 0 bridgehead atoms. The third-order valence-corrected chi connectivity index (χ3v) is 7.11. The second-order valence-electron chi connectivity index (χ2n) is 8.88. The van der Waals surface area contributed by atoms with Gasteiger partial charge in [-0.05, 0) is 12.8 Å². The number of likely N-dealkylation sites (tertiary alicyclic amines) is 1. The highest BCUT2D eigenvalue weighted by Gasteiger charge is 2.28. The van der Waals surface area contributed by atoms with Crippen molar-refractivity contribution < 1.29 is 15.4 Å². The molecule has 166 valence electrons. The van der Waals surface area contributed by atoms with Crippen molar-refractivity contribution in [1.29, 1.82) is 0 Å². The van der Waals surface area contributed by atoms with Gasteiger partial charge >= 0.3 is 0 Å². The number of hydrogen-bond acceptors (Lipinski definition) is 7. The highest BCUT2D eigenvalue weighted by molar-refractivity contribution is 8.00. The Kier molecular flexibility index (Phi) is 7.23. The van der Waals surface area contributed by atoms with Gasteiger partial charge < -0.3 is 14.6 Å². The maximum Gasteiger partial charge on any atom is 0.229 e. The number of thiazole rings is 1. The lowest BCUT2D eigenvalue weighted by atomic mass is 9.94. The Morgan fingerprint density at radius 3 is 2.60 bits per heavy atom. The van der Waals surface area contributed by atoms with Crippen LogP contribution in [0, 0.1) is 11.8 Å². The minimum absolute atomic E-state index is 0. The van der Waals surface area contributed by atoms with Crippen molar-refractivity contribution in [2.75, 3.05) is 18.4 Å². The molecule has 0 atom stereocenters. The van der Waals surface area contributed by atoms with Gasteiger partial charge in [-0.3, -0.25) is 9.59 Å². The first-order valence-electron chi connectivity index (χ1n) is 10.3. The normalized spacial score (nSPS) is 15.6. The van der Waals surface area contributed by atoms with Crippen LogP contribution < -0.4 is 5.32 Å². The lowest BCUT2D eigenvalue weighted by Crippen LogP contribution is -2.43. The van der Waals surface area contributed by atoms with Crippen LogP contribution in [0.4, 0.5) is 5.13 Å². The van der Waals surface area contributed by atoms with E-state index in [1.807, 2.05) is 18.7 Å². The fourth-order valence-electron chi connectivity index (χ4n) is 3.18. The molecule has 0 spiro atoms. The minimum atomic E-state index is -0.0793. The number of nitrogens with zero attached hydrogens (tertiary/aromatic N) is 3. The number of rotatable bonds is 6. The van der Waals surface area contributed by atoms with E-state index in [1.165, 1.54) is 11.3 Å². The van der Waals surface area contributed by atoms with Crippen LogP contribution in [-0.4, -0.2) is 39.8 Å². The van der Waals surface area contributed by atoms with Gasteiger partial charge in [0, 0.05) is 31.8 Å². The van der Waals surface area contributed by atoms with Crippen LogP contribution >= 0.6 is 23.1 Å². The molecule has 1 aliphatic heterocycles.